The highest BCUT2D eigenvalue weighted by Gasteiger charge is 2.55. The maximum atomic E-state index is 7.69. The second-order valence-electron chi connectivity index (χ2n) is 15.9. The van der Waals surface area contributed by atoms with Crippen molar-refractivity contribution in [2.24, 2.45) is 10.8 Å². The minimum Gasteiger partial charge on any atom is -0.497 e. The first-order valence-corrected chi connectivity index (χ1v) is 19.2. The topological polar surface area (TPSA) is 27.7 Å². The molecule has 49 heavy (non-hydrogen) atoms. The van der Waals surface area contributed by atoms with Crippen LogP contribution in [0.3, 0.4) is 0 Å². The molecule has 0 bridgehead atoms. The maximum absolute atomic E-state index is 7.69. The third-order valence-corrected chi connectivity index (χ3v) is 13.7. The van der Waals surface area contributed by atoms with Crippen molar-refractivity contribution in [3.05, 3.63) is 119 Å². The van der Waals surface area contributed by atoms with Gasteiger partial charge in [0.2, 0.25) is 0 Å². The van der Waals surface area contributed by atoms with Gasteiger partial charge in [0.1, 0.15) is 17.2 Å². The number of benzene rings is 5. The van der Waals surface area contributed by atoms with Crippen molar-refractivity contribution in [1.82, 2.24) is 0 Å². The number of fused-ring (bicyclic) bond motifs is 11. The van der Waals surface area contributed by atoms with Gasteiger partial charge in [-0.25, -0.2) is 0 Å². The van der Waals surface area contributed by atoms with E-state index < -0.39 is 5.60 Å². The molecule has 9 rings (SSSR count). The number of hydrogen-bond donors (Lipinski definition) is 0. The molecule has 0 amide bonds. The van der Waals surface area contributed by atoms with Crippen LogP contribution < -0.4 is 14.2 Å². The van der Waals surface area contributed by atoms with Crippen LogP contribution in [0.5, 0.6) is 17.2 Å². The molecule has 5 aromatic rings. The van der Waals surface area contributed by atoms with Crippen molar-refractivity contribution < 1.29 is 14.2 Å². The van der Waals surface area contributed by atoms with Gasteiger partial charge >= 0.3 is 0 Å². The molecule has 3 nitrogen and oxygen atoms in total. The molecule has 1 saturated carbocycles. The summed E-state index contributed by atoms with van der Waals surface area (Å²) in [4.78, 5) is 2.73. The Morgan fingerprint density at radius 1 is 0.673 bits per heavy atom. The summed E-state index contributed by atoms with van der Waals surface area (Å²) in [6.45, 7) is 9.93. The second kappa shape index (κ2) is 10.8. The maximum Gasteiger partial charge on any atom is 0.178 e. The van der Waals surface area contributed by atoms with E-state index >= 15 is 0 Å². The van der Waals surface area contributed by atoms with Crippen molar-refractivity contribution in [2.75, 3.05) is 19.3 Å². The third kappa shape index (κ3) is 4.64. The van der Waals surface area contributed by atoms with Crippen LogP contribution in [0.15, 0.2) is 101 Å². The lowest BCUT2D eigenvalue weighted by atomic mass is 9.52. The molecule has 0 saturated heterocycles. The Hall–Kier alpha value is -3.80. The Bertz CT molecular complexity index is 2110. The monoisotopic (exact) mass is 682 g/mol. The summed E-state index contributed by atoms with van der Waals surface area (Å²) in [7, 11) is 3.43. The van der Waals surface area contributed by atoms with Crippen molar-refractivity contribution in [3.8, 4) is 28.4 Å². The van der Waals surface area contributed by atoms with Gasteiger partial charge in [-0.3, -0.25) is 0 Å². The summed E-state index contributed by atoms with van der Waals surface area (Å²) in [5, 5.41) is 3.54. The molecule has 2 heterocycles. The predicted molar refractivity (Wildman–Crippen MR) is 205 cm³/mol. The van der Waals surface area contributed by atoms with Crippen molar-refractivity contribution in [3.63, 3.8) is 0 Å². The number of hydrogen-bond acceptors (Lipinski definition) is 5. The van der Waals surface area contributed by atoms with E-state index in [1.54, 1.807) is 14.2 Å². The molecular formula is C44H42O3S2. The van der Waals surface area contributed by atoms with E-state index in [-0.39, 0.29) is 16.2 Å². The average molecular weight is 683 g/mol. The van der Waals surface area contributed by atoms with E-state index in [9.17, 15) is 0 Å². The zero-order valence-electron chi connectivity index (χ0n) is 29.1. The van der Waals surface area contributed by atoms with Crippen LogP contribution in [-0.2, 0) is 11.0 Å². The van der Waals surface area contributed by atoms with Gasteiger partial charge in [-0.05, 0) is 100 Å². The van der Waals surface area contributed by atoms with E-state index in [0.29, 0.717) is 0 Å². The number of ether oxygens (including phenoxy) is 3. The summed E-state index contributed by atoms with van der Waals surface area (Å²) in [6, 6.07) is 30.9. The normalized spacial score (nSPS) is 19.9. The molecule has 2 aliphatic heterocycles. The first-order chi connectivity index (χ1) is 23.6. The number of thioether (sulfide) groups is 2. The van der Waals surface area contributed by atoms with Crippen molar-refractivity contribution >= 4 is 40.4 Å². The van der Waals surface area contributed by atoms with Gasteiger partial charge in [0, 0.05) is 42.4 Å². The molecule has 1 spiro atoms. The molecule has 0 N–H and O–H groups in total. The Morgan fingerprint density at radius 2 is 1.24 bits per heavy atom. The molecule has 1 fully saturated rings. The fourth-order valence-corrected chi connectivity index (χ4v) is 12.6. The lowest BCUT2D eigenvalue weighted by Crippen LogP contribution is -2.44. The molecule has 248 valence electrons. The van der Waals surface area contributed by atoms with Crippen LogP contribution in [0.1, 0.15) is 74.8 Å². The molecular weight excluding hydrogens is 641 g/mol. The van der Waals surface area contributed by atoms with E-state index in [2.05, 4.69) is 101 Å². The van der Waals surface area contributed by atoms with Gasteiger partial charge in [-0.1, -0.05) is 82.3 Å². The fourth-order valence-electron chi connectivity index (χ4n) is 10.2. The second-order valence-corrected chi connectivity index (χ2v) is 18.3. The summed E-state index contributed by atoms with van der Waals surface area (Å²) < 4.78 is 18.9. The zero-order valence-corrected chi connectivity index (χ0v) is 30.7. The van der Waals surface area contributed by atoms with Gasteiger partial charge in [0.25, 0.3) is 0 Å². The van der Waals surface area contributed by atoms with Crippen LogP contribution in [0.4, 0.5) is 0 Å². The highest BCUT2D eigenvalue weighted by Crippen LogP contribution is 2.67. The first-order valence-electron chi connectivity index (χ1n) is 17.3. The smallest absolute Gasteiger partial charge is 0.178 e. The van der Waals surface area contributed by atoms with Crippen LogP contribution >= 0.6 is 23.5 Å². The van der Waals surface area contributed by atoms with Gasteiger partial charge < -0.3 is 14.2 Å². The average Bonchev–Trinajstić information content (AvgIpc) is 3.66. The highest BCUT2D eigenvalue weighted by atomic mass is 32.2. The van der Waals surface area contributed by atoms with Gasteiger partial charge in [0.05, 0.1) is 14.2 Å². The van der Waals surface area contributed by atoms with E-state index in [1.807, 2.05) is 47.8 Å². The van der Waals surface area contributed by atoms with Gasteiger partial charge in [-0.2, -0.15) is 0 Å². The van der Waals surface area contributed by atoms with Crippen molar-refractivity contribution in [2.45, 2.75) is 67.8 Å². The summed E-state index contributed by atoms with van der Waals surface area (Å²) >= 11 is 3.89. The Morgan fingerprint density at radius 3 is 1.84 bits per heavy atom. The Labute approximate surface area is 298 Å². The SMILES string of the molecule is COc1ccc(C2(c3ccc(OC)cc3)C=Cc3c4c(c5cc6c(cc5c3O2)SCS6)-c2ccccc2C42CC(C)(C)CC(C)(C)C2)cc1. The molecule has 0 aromatic heterocycles. The quantitative estimate of drug-likeness (QED) is 0.188. The lowest BCUT2D eigenvalue weighted by molar-refractivity contribution is 0.0642. The molecule has 4 aliphatic rings. The minimum atomic E-state index is -0.850. The van der Waals surface area contributed by atoms with Crippen LogP contribution in [0.2, 0.25) is 0 Å². The van der Waals surface area contributed by atoms with Crippen molar-refractivity contribution in [1.29, 1.82) is 0 Å². The predicted octanol–water partition coefficient (Wildman–Crippen LogP) is 11.9. The summed E-state index contributed by atoms with van der Waals surface area (Å²) in [6.07, 6.45) is 8.14. The molecule has 5 heteroatoms. The first kappa shape index (κ1) is 31.2. The van der Waals surface area contributed by atoms with E-state index in [1.165, 1.54) is 54.8 Å². The molecule has 0 atom stereocenters. The summed E-state index contributed by atoms with van der Waals surface area (Å²) in [5.74, 6) is 2.63. The largest absolute Gasteiger partial charge is 0.497 e. The van der Waals surface area contributed by atoms with Crippen LogP contribution in [-0.4, -0.2) is 19.3 Å². The fraction of sp³-hybridized carbons (Fsp3) is 0.318. The summed E-state index contributed by atoms with van der Waals surface area (Å²) in [5.41, 5.74) is 8.48. The Kier molecular flexibility index (Phi) is 6.91. The highest BCUT2D eigenvalue weighted by molar-refractivity contribution is 8.18. The molecule has 2 aliphatic carbocycles. The third-order valence-electron chi connectivity index (χ3n) is 11.3. The molecule has 0 radical (unpaired) electrons. The lowest BCUT2D eigenvalue weighted by Gasteiger charge is -2.52. The van der Waals surface area contributed by atoms with Gasteiger partial charge in [0.15, 0.2) is 5.60 Å². The van der Waals surface area contributed by atoms with E-state index in [0.717, 1.165) is 46.3 Å². The molecule has 5 aromatic carbocycles. The van der Waals surface area contributed by atoms with Crippen LogP contribution in [0.25, 0.3) is 28.0 Å². The zero-order chi connectivity index (χ0) is 33.8. The molecule has 0 unspecified atom stereocenters. The number of methoxy groups -OCH3 is 2. The van der Waals surface area contributed by atoms with E-state index in [4.69, 9.17) is 14.2 Å². The Balaban J connectivity index is 1.38. The van der Waals surface area contributed by atoms with Gasteiger partial charge in [-0.15, -0.1) is 23.5 Å². The minimum absolute atomic E-state index is 0.121. The number of rotatable bonds is 4. The standard InChI is InChI=1S/C44H42O3S2/c1-41(2)23-42(3,4)25-43(24-41)35-10-8-7-9-31(35)38-33-21-36-37(49-26-48-36)22-34(33)40-32(39(38)43)19-20-44(47-40,27-11-15-29(45-5)16-12-27)28-13-17-30(46-6)18-14-28/h7-22H,23-26H2,1-6H3. The van der Waals surface area contributed by atoms with Crippen LogP contribution in [0, 0.1) is 10.8 Å².